The predicted molar refractivity (Wildman–Crippen MR) is 69.8 cm³/mol. The highest BCUT2D eigenvalue weighted by atomic mass is 15.3. The van der Waals surface area contributed by atoms with E-state index in [9.17, 15) is 0 Å². The molecule has 0 saturated carbocycles. The van der Waals surface area contributed by atoms with E-state index in [4.69, 9.17) is 0 Å². The van der Waals surface area contributed by atoms with Gasteiger partial charge in [0.15, 0.2) is 0 Å². The van der Waals surface area contributed by atoms with Gasteiger partial charge in [-0.15, -0.1) is 0 Å². The smallest absolute Gasteiger partial charge is 0.124 e. The molecule has 0 spiro atoms. The Morgan fingerprint density at radius 1 is 1.31 bits per heavy atom. The van der Waals surface area contributed by atoms with Gasteiger partial charge in [0, 0.05) is 12.1 Å². The van der Waals surface area contributed by atoms with Gasteiger partial charge in [0.25, 0.3) is 0 Å². The summed E-state index contributed by atoms with van der Waals surface area (Å²) in [5.74, 6) is 1.16. The van der Waals surface area contributed by atoms with Crippen LogP contribution in [0.25, 0.3) is 0 Å². The number of hydrogen-bond acceptors (Lipinski definition) is 2. The van der Waals surface area contributed by atoms with Crippen LogP contribution in [0.2, 0.25) is 0 Å². The Morgan fingerprint density at radius 3 is 2.62 bits per heavy atom. The zero-order valence-corrected chi connectivity index (χ0v) is 11.0. The van der Waals surface area contributed by atoms with Crippen LogP contribution in [0.3, 0.4) is 0 Å². The third-order valence-electron chi connectivity index (χ3n) is 3.16. The van der Waals surface area contributed by atoms with Crippen molar-refractivity contribution < 1.29 is 0 Å². The molecule has 92 valence electrons. The predicted octanol–water partition coefficient (Wildman–Crippen LogP) is 3.84. The van der Waals surface area contributed by atoms with Crippen LogP contribution < -0.4 is 5.32 Å². The normalized spacial score (nSPS) is 14.8. The van der Waals surface area contributed by atoms with Crippen LogP contribution in [0.5, 0.6) is 0 Å². The molecule has 1 rings (SSSR count). The fraction of sp³-hybridized carbons (Fsp3) is 0.769. The van der Waals surface area contributed by atoms with Crippen LogP contribution >= 0.6 is 0 Å². The van der Waals surface area contributed by atoms with E-state index in [1.807, 2.05) is 6.20 Å². The maximum absolute atomic E-state index is 4.39. The fourth-order valence-electron chi connectivity index (χ4n) is 1.89. The van der Waals surface area contributed by atoms with E-state index in [0.29, 0.717) is 12.1 Å². The molecule has 0 saturated heterocycles. The molecule has 0 radical (unpaired) electrons. The maximum Gasteiger partial charge on any atom is 0.124 e. The number of nitrogens with one attached hydrogen (secondary N) is 1. The highest BCUT2D eigenvalue weighted by molar-refractivity contribution is 5.35. The van der Waals surface area contributed by atoms with Gasteiger partial charge in [0.05, 0.1) is 12.2 Å². The topological polar surface area (TPSA) is 29.9 Å². The summed E-state index contributed by atoms with van der Waals surface area (Å²) in [6, 6.07) is 3.12. The Labute approximate surface area is 99.2 Å². The lowest BCUT2D eigenvalue weighted by atomic mass is 10.1. The molecule has 1 N–H and O–H groups in total. The Morgan fingerprint density at radius 2 is 2.06 bits per heavy atom. The molecule has 0 aromatic carbocycles. The van der Waals surface area contributed by atoms with Gasteiger partial charge < -0.3 is 5.32 Å². The minimum Gasteiger partial charge on any atom is -0.368 e. The van der Waals surface area contributed by atoms with Gasteiger partial charge in [-0.1, -0.05) is 27.2 Å². The summed E-state index contributed by atoms with van der Waals surface area (Å²) >= 11 is 0. The summed E-state index contributed by atoms with van der Waals surface area (Å²) in [7, 11) is 0. The van der Waals surface area contributed by atoms with Crippen molar-refractivity contribution in [3.8, 4) is 0 Å². The molecule has 3 heteroatoms. The number of hydrogen-bond donors (Lipinski definition) is 1. The Bertz CT molecular complexity index is 293. The van der Waals surface area contributed by atoms with Gasteiger partial charge >= 0.3 is 0 Å². The Hall–Kier alpha value is -0.990. The summed E-state index contributed by atoms with van der Waals surface area (Å²) < 4.78 is 2.10. The molecule has 0 amide bonds. The molecule has 1 heterocycles. The van der Waals surface area contributed by atoms with E-state index in [-0.39, 0.29) is 0 Å². The zero-order valence-electron chi connectivity index (χ0n) is 11.0. The van der Waals surface area contributed by atoms with Gasteiger partial charge in [0.2, 0.25) is 0 Å². The zero-order chi connectivity index (χ0) is 12.0. The first kappa shape index (κ1) is 13.1. The van der Waals surface area contributed by atoms with Crippen LogP contribution in [0.15, 0.2) is 12.3 Å². The lowest BCUT2D eigenvalue weighted by molar-refractivity contribution is 0.478. The van der Waals surface area contributed by atoms with E-state index >= 15 is 0 Å². The second-order valence-electron chi connectivity index (χ2n) is 4.46. The molecule has 0 aliphatic rings. The van der Waals surface area contributed by atoms with Crippen molar-refractivity contribution in [3.05, 3.63) is 12.3 Å². The Balaban J connectivity index is 2.68. The first-order valence-electron chi connectivity index (χ1n) is 6.52. The van der Waals surface area contributed by atoms with Crippen molar-refractivity contribution in [1.29, 1.82) is 0 Å². The molecule has 1 aromatic heterocycles. The summed E-state index contributed by atoms with van der Waals surface area (Å²) in [6.45, 7) is 8.87. The second-order valence-corrected chi connectivity index (χ2v) is 4.46. The minimum atomic E-state index is 0.469. The fourth-order valence-corrected chi connectivity index (χ4v) is 1.89. The van der Waals surface area contributed by atoms with Gasteiger partial charge in [-0.3, -0.25) is 0 Å². The highest BCUT2D eigenvalue weighted by Gasteiger charge is 2.11. The van der Waals surface area contributed by atoms with Crippen molar-refractivity contribution in [1.82, 2.24) is 9.78 Å². The molecular weight excluding hydrogens is 198 g/mol. The molecule has 1 aromatic rings. The van der Waals surface area contributed by atoms with Crippen molar-refractivity contribution in [2.45, 2.75) is 65.5 Å². The average Bonchev–Trinajstić information content (AvgIpc) is 2.75. The van der Waals surface area contributed by atoms with Gasteiger partial charge in [0.1, 0.15) is 5.82 Å². The molecule has 0 fully saturated rings. The lowest BCUT2D eigenvalue weighted by Gasteiger charge is -2.20. The highest BCUT2D eigenvalue weighted by Crippen LogP contribution is 2.18. The summed E-state index contributed by atoms with van der Waals surface area (Å²) in [5.41, 5.74) is 0. The first-order valence-corrected chi connectivity index (χ1v) is 6.52. The lowest BCUT2D eigenvalue weighted by Crippen LogP contribution is -2.21. The molecular formula is C13H25N3. The maximum atomic E-state index is 4.39. The SMILES string of the molecule is CCCC(CC)Nc1ccnn1C(C)CC. The van der Waals surface area contributed by atoms with Crippen molar-refractivity contribution in [2.75, 3.05) is 5.32 Å². The average molecular weight is 223 g/mol. The van der Waals surface area contributed by atoms with E-state index in [1.54, 1.807) is 0 Å². The van der Waals surface area contributed by atoms with Crippen LogP contribution in [-0.2, 0) is 0 Å². The third-order valence-corrected chi connectivity index (χ3v) is 3.16. The monoisotopic (exact) mass is 223 g/mol. The van der Waals surface area contributed by atoms with Gasteiger partial charge in [-0.25, -0.2) is 4.68 Å². The molecule has 2 atom stereocenters. The van der Waals surface area contributed by atoms with Crippen LogP contribution in [0.4, 0.5) is 5.82 Å². The molecule has 0 bridgehead atoms. The van der Waals surface area contributed by atoms with Crippen molar-refractivity contribution in [2.24, 2.45) is 0 Å². The quantitative estimate of drug-likeness (QED) is 0.761. The minimum absolute atomic E-state index is 0.469. The second kappa shape index (κ2) is 6.56. The molecule has 3 nitrogen and oxygen atoms in total. The third kappa shape index (κ3) is 3.26. The number of nitrogens with zero attached hydrogens (tertiary/aromatic N) is 2. The number of aromatic nitrogens is 2. The molecule has 16 heavy (non-hydrogen) atoms. The van der Waals surface area contributed by atoms with Crippen molar-refractivity contribution in [3.63, 3.8) is 0 Å². The summed E-state index contributed by atoms with van der Waals surface area (Å²) in [4.78, 5) is 0. The molecule has 2 unspecified atom stereocenters. The summed E-state index contributed by atoms with van der Waals surface area (Å²) in [5, 5.41) is 7.98. The van der Waals surface area contributed by atoms with Crippen LogP contribution in [0.1, 0.15) is 59.4 Å². The number of rotatable bonds is 7. The van der Waals surface area contributed by atoms with Crippen LogP contribution in [-0.4, -0.2) is 15.8 Å². The van der Waals surface area contributed by atoms with E-state index < -0.39 is 0 Å². The first-order chi connectivity index (χ1) is 7.72. The standard InChI is InChI=1S/C13H25N3/c1-5-8-12(7-3)15-13-9-10-14-16(13)11(4)6-2/h9-12,15H,5-8H2,1-4H3. The van der Waals surface area contributed by atoms with Crippen LogP contribution in [0, 0.1) is 0 Å². The molecule has 0 aliphatic carbocycles. The van der Waals surface area contributed by atoms with E-state index in [1.165, 1.54) is 19.3 Å². The van der Waals surface area contributed by atoms with E-state index in [0.717, 1.165) is 12.2 Å². The largest absolute Gasteiger partial charge is 0.368 e. The number of anilines is 1. The van der Waals surface area contributed by atoms with E-state index in [2.05, 4.69) is 48.9 Å². The molecule has 0 aliphatic heterocycles. The van der Waals surface area contributed by atoms with Gasteiger partial charge in [-0.2, -0.15) is 5.10 Å². The summed E-state index contributed by atoms with van der Waals surface area (Å²) in [6.07, 6.45) is 6.61. The van der Waals surface area contributed by atoms with Gasteiger partial charge in [-0.05, 0) is 26.2 Å². The Kier molecular flexibility index (Phi) is 5.36. The van der Waals surface area contributed by atoms with Crippen molar-refractivity contribution >= 4 is 5.82 Å².